The minimum atomic E-state index is 0.122. The molecule has 0 aliphatic carbocycles. The van der Waals surface area contributed by atoms with Crippen LogP contribution in [0.2, 0.25) is 0 Å². The second kappa shape index (κ2) is 9.45. The van der Waals surface area contributed by atoms with Gasteiger partial charge in [-0.2, -0.15) is 0 Å². The molecular weight excluding hydrogens is 344 g/mol. The Morgan fingerprint density at radius 1 is 1.04 bits per heavy atom. The van der Waals surface area contributed by atoms with E-state index < -0.39 is 0 Å². The third-order valence-electron chi connectivity index (χ3n) is 5.44. The largest absolute Gasteiger partial charge is 0.342 e. The van der Waals surface area contributed by atoms with Crippen LogP contribution in [0.1, 0.15) is 43.2 Å². The van der Waals surface area contributed by atoms with Crippen molar-refractivity contribution < 1.29 is 9.59 Å². The fraction of sp³-hybridized carbons (Fsp3) is 0.619. The van der Waals surface area contributed by atoms with E-state index in [1.165, 1.54) is 17.5 Å². The molecule has 2 fully saturated rings. The molecule has 142 valence electrons. The van der Waals surface area contributed by atoms with E-state index in [0.29, 0.717) is 11.7 Å². The Morgan fingerprint density at radius 2 is 1.77 bits per heavy atom. The normalized spacial score (nSPS) is 18.8. The molecule has 1 aromatic carbocycles. The van der Waals surface area contributed by atoms with Gasteiger partial charge < -0.3 is 9.80 Å². The summed E-state index contributed by atoms with van der Waals surface area (Å²) in [7, 11) is 0. The van der Waals surface area contributed by atoms with E-state index >= 15 is 0 Å². The SMILES string of the molecule is Cc1cccc(CSCC(=O)N2CCC(C(=O)N3CCCCC3)CC2)c1. The van der Waals surface area contributed by atoms with Crippen LogP contribution in [-0.2, 0) is 15.3 Å². The zero-order valence-corrected chi connectivity index (χ0v) is 16.6. The summed E-state index contributed by atoms with van der Waals surface area (Å²) in [4.78, 5) is 29.0. The van der Waals surface area contributed by atoms with Crippen LogP contribution >= 0.6 is 11.8 Å². The monoisotopic (exact) mass is 374 g/mol. The summed E-state index contributed by atoms with van der Waals surface area (Å²) >= 11 is 1.68. The van der Waals surface area contributed by atoms with Crippen molar-refractivity contribution in [3.8, 4) is 0 Å². The second-order valence-corrected chi connectivity index (χ2v) is 8.51. The topological polar surface area (TPSA) is 40.6 Å². The molecule has 26 heavy (non-hydrogen) atoms. The number of hydrogen-bond donors (Lipinski definition) is 0. The van der Waals surface area contributed by atoms with Gasteiger partial charge in [0.1, 0.15) is 0 Å². The third-order valence-corrected chi connectivity index (χ3v) is 6.43. The fourth-order valence-corrected chi connectivity index (χ4v) is 4.77. The average Bonchev–Trinajstić information content (AvgIpc) is 2.68. The van der Waals surface area contributed by atoms with Gasteiger partial charge in [0, 0.05) is 37.8 Å². The van der Waals surface area contributed by atoms with Crippen LogP contribution in [0.4, 0.5) is 0 Å². The molecule has 2 saturated heterocycles. The van der Waals surface area contributed by atoms with E-state index in [4.69, 9.17) is 0 Å². The molecule has 0 saturated carbocycles. The second-order valence-electron chi connectivity index (χ2n) is 7.52. The number of rotatable bonds is 5. The van der Waals surface area contributed by atoms with Gasteiger partial charge in [-0.15, -0.1) is 11.8 Å². The molecule has 2 heterocycles. The van der Waals surface area contributed by atoms with Crippen molar-refractivity contribution >= 4 is 23.6 Å². The molecule has 0 bridgehead atoms. The molecule has 5 heteroatoms. The number of hydrogen-bond acceptors (Lipinski definition) is 3. The molecule has 1 aromatic rings. The highest BCUT2D eigenvalue weighted by Gasteiger charge is 2.30. The van der Waals surface area contributed by atoms with Crippen LogP contribution in [0.15, 0.2) is 24.3 Å². The highest BCUT2D eigenvalue weighted by molar-refractivity contribution is 7.99. The van der Waals surface area contributed by atoms with Crippen LogP contribution in [0.25, 0.3) is 0 Å². The summed E-state index contributed by atoms with van der Waals surface area (Å²) in [5, 5.41) is 0. The lowest BCUT2D eigenvalue weighted by Crippen LogP contribution is -2.46. The van der Waals surface area contributed by atoms with Crippen LogP contribution in [-0.4, -0.2) is 53.5 Å². The van der Waals surface area contributed by atoms with Gasteiger partial charge in [-0.1, -0.05) is 29.8 Å². The van der Waals surface area contributed by atoms with E-state index in [1.807, 2.05) is 9.80 Å². The number of benzene rings is 1. The van der Waals surface area contributed by atoms with E-state index in [0.717, 1.165) is 57.6 Å². The van der Waals surface area contributed by atoms with Gasteiger partial charge in [-0.3, -0.25) is 9.59 Å². The number of amides is 2. The van der Waals surface area contributed by atoms with Crippen LogP contribution < -0.4 is 0 Å². The number of piperidine rings is 2. The van der Waals surface area contributed by atoms with E-state index in [2.05, 4.69) is 31.2 Å². The molecule has 0 atom stereocenters. The third kappa shape index (κ3) is 5.26. The van der Waals surface area contributed by atoms with E-state index in [9.17, 15) is 9.59 Å². The number of nitrogens with zero attached hydrogens (tertiary/aromatic N) is 2. The summed E-state index contributed by atoms with van der Waals surface area (Å²) in [6.07, 6.45) is 5.17. The molecule has 0 radical (unpaired) electrons. The number of carbonyl (C=O) groups excluding carboxylic acids is 2. The fourth-order valence-electron chi connectivity index (χ4n) is 3.90. The molecular formula is C21H30N2O2S. The van der Waals surface area contributed by atoms with Crippen LogP contribution in [0.3, 0.4) is 0 Å². The Bertz CT molecular complexity index is 620. The van der Waals surface area contributed by atoms with Gasteiger partial charge in [-0.25, -0.2) is 0 Å². The standard InChI is InChI=1S/C21H30N2O2S/c1-17-6-5-7-18(14-17)15-26-16-20(24)22-12-8-19(9-13-22)21(25)23-10-3-2-4-11-23/h5-7,14,19H,2-4,8-13,15-16H2,1H3. The smallest absolute Gasteiger partial charge is 0.232 e. The quantitative estimate of drug-likeness (QED) is 0.792. The number of carbonyl (C=O) groups is 2. The molecule has 0 N–H and O–H groups in total. The predicted molar refractivity (Wildman–Crippen MR) is 107 cm³/mol. The van der Waals surface area contributed by atoms with Crippen molar-refractivity contribution in [1.29, 1.82) is 0 Å². The maximum Gasteiger partial charge on any atom is 0.232 e. The summed E-state index contributed by atoms with van der Waals surface area (Å²) in [5.74, 6) is 2.06. The molecule has 2 aliphatic rings. The molecule has 3 rings (SSSR count). The minimum absolute atomic E-state index is 0.122. The van der Waals surface area contributed by atoms with Crippen molar-refractivity contribution in [1.82, 2.24) is 9.80 Å². The lowest BCUT2D eigenvalue weighted by atomic mass is 9.94. The zero-order valence-electron chi connectivity index (χ0n) is 15.8. The van der Waals surface area contributed by atoms with Crippen molar-refractivity contribution in [3.05, 3.63) is 35.4 Å². The molecule has 2 amide bonds. The Hall–Kier alpha value is -1.49. The first-order valence-corrected chi connectivity index (χ1v) is 11.0. The van der Waals surface area contributed by atoms with Gasteiger partial charge in [0.05, 0.1) is 5.75 Å². The molecule has 2 aliphatic heterocycles. The van der Waals surface area contributed by atoms with Crippen molar-refractivity contribution in [2.45, 2.75) is 44.8 Å². The van der Waals surface area contributed by atoms with E-state index in [1.54, 1.807) is 11.8 Å². The average molecular weight is 375 g/mol. The van der Waals surface area contributed by atoms with Crippen molar-refractivity contribution in [3.63, 3.8) is 0 Å². The number of likely N-dealkylation sites (tertiary alicyclic amines) is 2. The first-order valence-electron chi connectivity index (χ1n) is 9.83. The maximum atomic E-state index is 12.6. The molecule has 0 aromatic heterocycles. The number of thioether (sulfide) groups is 1. The lowest BCUT2D eigenvalue weighted by molar-refractivity contribution is -0.140. The molecule has 0 unspecified atom stereocenters. The summed E-state index contributed by atoms with van der Waals surface area (Å²) in [6.45, 7) is 5.40. The first kappa shape index (κ1) is 19.3. The van der Waals surface area contributed by atoms with Gasteiger partial charge in [-0.05, 0) is 44.6 Å². The van der Waals surface area contributed by atoms with Crippen molar-refractivity contribution in [2.75, 3.05) is 31.9 Å². The highest BCUT2D eigenvalue weighted by atomic mass is 32.2. The number of aryl methyl sites for hydroxylation is 1. The first-order chi connectivity index (χ1) is 12.6. The Balaban J connectivity index is 1.38. The predicted octanol–water partition coefficient (Wildman–Crippen LogP) is 3.48. The lowest BCUT2D eigenvalue weighted by Gasteiger charge is -2.35. The summed E-state index contributed by atoms with van der Waals surface area (Å²) in [5.41, 5.74) is 2.53. The van der Waals surface area contributed by atoms with Gasteiger partial charge >= 0.3 is 0 Å². The van der Waals surface area contributed by atoms with Gasteiger partial charge in [0.15, 0.2) is 0 Å². The Kier molecular flexibility index (Phi) is 7.00. The molecule has 4 nitrogen and oxygen atoms in total. The highest BCUT2D eigenvalue weighted by Crippen LogP contribution is 2.23. The Morgan fingerprint density at radius 3 is 2.46 bits per heavy atom. The van der Waals surface area contributed by atoms with E-state index in [-0.39, 0.29) is 11.8 Å². The van der Waals surface area contributed by atoms with Crippen LogP contribution in [0.5, 0.6) is 0 Å². The summed E-state index contributed by atoms with van der Waals surface area (Å²) < 4.78 is 0. The van der Waals surface area contributed by atoms with Crippen molar-refractivity contribution in [2.24, 2.45) is 5.92 Å². The maximum absolute atomic E-state index is 12.6. The minimum Gasteiger partial charge on any atom is -0.342 e. The van der Waals surface area contributed by atoms with Gasteiger partial charge in [0.25, 0.3) is 0 Å². The van der Waals surface area contributed by atoms with Crippen LogP contribution in [0, 0.1) is 12.8 Å². The Labute approximate surface area is 161 Å². The zero-order chi connectivity index (χ0) is 18.4. The summed E-state index contributed by atoms with van der Waals surface area (Å²) in [6, 6.07) is 8.45. The van der Waals surface area contributed by atoms with Gasteiger partial charge in [0.2, 0.25) is 11.8 Å². The molecule has 0 spiro atoms.